The predicted molar refractivity (Wildman–Crippen MR) is 110 cm³/mol. The molecule has 4 rings (SSSR count). The van der Waals surface area contributed by atoms with Gasteiger partial charge in [-0.15, -0.1) is 11.8 Å². The fraction of sp³-hybridized carbons (Fsp3) is 0.217. The van der Waals surface area contributed by atoms with Gasteiger partial charge in [-0.05, 0) is 65.8 Å². The van der Waals surface area contributed by atoms with Crippen molar-refractivity contribution in [1.29, 1.82) is 0 Å². The number of benzene rings is 2. The van der Waals surface area contributed by atoms with Crippen LogP contribution in [-0.2, 0) is 17.6 Å². The second-order valence-corrected chi connectivity index (χ2v) is 7.81. The number of aromatic nitrogens is 1. The number of carbonyl (C=O) groups is 1. The molecule has 1 heterocycles. The predicted octanol–water partition coefficient (Wildman–Crippen LogP) is 4.57. The summed E-state index contributed by atoms with van der Waals surface area (Å²) in [6.07, 6.45) is 7.11. The Balaban J connectivity index is 1.44. The van der Waals surface area contributed by atoms with E-state index in [0.29, 0.717) is 5.75 Å². The Morgan fingerprint density at radius 3 is 2.52 bits per heavy atom. The van der Waals surface area contributed by atoms with E-state index in [1.807, 2.05) is 42.5 Å². The second-order valence-electron chi connectivity index (χ2n) is 6.76. The number of aryl methyl sites for hydroxylation is 2. The molecule has 0 radical (unpaired) electrons. The Morgan fingerprint density at radius 1 is 0.963 bits per heavy atom. The summed E-state index contributed by atoms with van der Waals surface area (Å²) in [6, 6.07) is 20.4. The molecular weight excluding hydrogens is 352 g/mol. The van der Waals surface area contributed by atoms with Crippen LogP contribution >= 0.6 is 11.8 Å². The van der Waals surface area contributed by atoms with Crippen LogP contribution < -0.4 is 5.32 Å². The van der Waals surface area contributed by atoms with E-state index in [2.05, 4.69) is 28.5 Å². The van der Waals surface area contributed by atoms with Crippen molar-refractivity contribution in [2.24, 2.45) is 0 Å². The third kappa shape index (κ3) is 4.40. The Hall–Kier alpha value is -2.59. The molecule has 0 saturated carbocycles. The first-order chi connectivity index (χ1) is 13.3. The summed E-state index contributed by atoms with van der Waals surface area (Å²) >= 11 is 1.60. The van der Waals surface area contributed by atoms with Crippen LogP contribution in [0.3, 0.4) is 0 Å². The highest BCUT2D eigenvalue weighted by molar-refractivity contribution is 8.00. The minimum absolute atomic E-state index is 0.0335. The van der Waals surface area contributed by atoms with E-state index in [1.54, 1.807) is 24.2 Å². The first-order valence-electron chi connectivity index (χ1n) is 9.28. The molecule has 27 heavy (non-hydrogen) atoms. The molecule has 1 unspecified atom stereocenters. The number of rotatable bonds is 6. The molecule has 0 fully saturated rings. The van der Waals surface area contributed by atoms with Crippen molar-refractivity contribution in [3.05, 3.63) is 95.3 Å². The lowest BCUT2D eigenvalue weighted by Gasteiger charge is -2.19. The zero-order chi connectivity index (χ0) is 18.5. The maximum atomic E-state index is 12.7. The lowest BCUT2D eigenvalue weighted by Crippen LogP contribution is -2.30. The summed E-state index contributed by atoms with van der Waals surface area (Å²) in [5.41, 5.74) is 5.01. The van der Waals surface area contributed by atoms with Gasteiger partial charge >= 0.3 is 0 Å². The van der Waals surface area contributed by atoms with Crippen LogP contribution in [0.5, 0.6) is 0 Å². The van der Waals surface area contributed by atoms with Crippen molar-refractivity contribution < 1.29 is 4.79 Å². The van der Waals surface area contributed by atoms with Gasteiger partial charge in [0, 0.05) is 17.3 Å². The summed E-state index contributed by atoms with van der Waals surface area (Å²) in [4.78, 5) is 17.9. The molecule has 1 amide bonds. The maximum absolute atomic E-state index is 12.7. The van der Waals surface area contributed by atoms with E-state index in [4.69, 9.17) is 0 Å². The Kier molecular flexibility index (Phi) is 5.54. The average molecular weight is 375 g/mol. The van der Waals surface area contributed by atoms with Crippen LogP contribution in [0.1, 0.15) is 34.7 Å². The number of fused-ring (bicyclic) bond motifs is 1. The lowest BCUT2D eigenvalue weighted by molar-refractivity contribution is -0.119. The number of nitrogens with one attached hydrogen (secondary N) is 1. The molecule has 1 aliphatic rings. The van der Waals surface area contributed by atoms with Crippen molar-refractivity contribution in [3.8, 4) is 0 Å². The zero-order valence-electron chi connectivity index (χ0n) is 15.1. The van der Waals surface area contributed by atoms with Crippen LogP contribution in [0.4, 0.5) is 0 Å². The number of hydrogen-bond donors (Lipinski definition) is 1. The molecule has 1 aliphatic carbocycles. The number of amides is 1. The van der Waals surface area contributed by atoms with Gasteiger partial charge in [0.05, 0.1) is 11.8 Å². The minimum Gasteiger partial charge on any atom is -0.344 e. The molecule has 136 valence electrons. The highest BCUT2D eigenvalue weighted by atomic mass is 32.2. The van der Waals surface area contributed by atoms with Gasteiger partial charge in [0.25, 0.3) is 0 Å². The van der Waals surface area contributed by atoms with Crippen molar-refractivity contribution in [1.82, 2.24) is 10.3 Å². The molecule has 3 nitrogen and oxygen atoms in total. The number of hydrogen-bond acceptors (Lipinski definition) is 3. The molecule has 4 heteroatoms. The fourth-order valence-corrected chi connectivity index (χ4v) is 4.32. The molecule has 1 aromatic heterocycles. The Morgan fingerprint density at radius 2 is 1.70 bits per heavy atom. The normalized spacial score (nSPS) is 13.8. The molecule has 0 spiro atoms. The lowest BCUT2D eigenvalue weighted by atomic mass is 10.00. The molecule has 1 N–H and O–H groups in total. The first kappa shape index (κ1) is 17.8. The summed E-state index contributed by atoms with van der Waals surface area (Å²) in [6.45, 7) is 0. The summed E-state index contributed by atoms with van der Waals surface area (Å²) in [5, 5.41) is 3.18. The van der Waals surface area contributed by atoms with E-state index in [9.17, 15) is 4.79 Å². The average Bonchev–Trinajstić information content (AvgIpc) is 3.20. The van der Waals surface area contributed by atoms with Crippen LogP contribution in [0, 0.1) is 0 Å². The van der Waals surface area contributed by atoms with Gasteiger partial charge in [-0.2, -0.15) is 0 Å². The monoisotopic (exact) mass is 374 g/mol. The van der Waals surface area contributed by atoms with E-state index in [-0.39, 0.29) is 11.9 Å². The molecule has 0 aliphatic heterocycles. The van der Waals surface area contributed by atoms with Crippen LogP contribution in [0.15, 0.2) is 78.0 Å². The third-order valence-corrected chi connectivity index (χ3v) is 5.91. The Labute approximate surface area is 164 Å². The van der Waals surface area contributed by atoms with Crippen LogP contribution in [0.2, 0.25) is 0 Å². The van der Waals surface area contributed by atoms with Gasteiger partial charge in [0.1, 0.15) is 0 Å². The van der Waals surface area contributed by atoms with E-state index < -0.39 is 0 Å². The number of carbonyl (C=O) groups excluding carboxylic acids is 1. The molecule has 3 aromatic rings. The number of nitrogens with zero attached hydrogens (tertiary/aromatic N) is 1. The number of pyridine rings is 1. The van der Waals surface area contributed by atoms with Gasteiger partial charge in [-0.3, -0.25) is 9.78 Å². The number of thioether (sulfide) groups is 1. The quantitative estimate of drug-likeness (QED) is 0.643. The minimum atomic E-state index is -0.165. The standard InChI is InChI=1S/C23H22N2OS/c26-22(16-27-21-10-9-17-7-4-8-20(17)15-21)25-23(18-5-2-1-3-6-18)19-11-13-24-14-12-19/h1-3,5-6,9-15,23H,4,7-8,16H2,(H,25,26). The summed E-state index contributed by atoms with van der Waals surface area (Å²) in [7, 11) is 0. The first-order valence-corrected chi connectivity index (χ1v) is 10.3. The molecule has 0 saturated heterocycles. The molecule has 0 bridgehead atoms. The fourth-order valence-electron chi connectivity index (χ4n) is 3.55. The van der Waals surface area contributed by atoms with Crippen LogP contribution in [-0.4, -0.2) is 16.6 Å². The van der Waals surface area contributed by atoms with Gasteiger partial charge in [0.15, 0.2) is 0 Å². The van der Waals surface area contributed by atoms with E-state index >= 15 is 0 Å². The molecule has 2 aromatic carbocycles. The topological polar surface area (TPSA) is 42.0 Å². The van der Waals surface area contributed by atoms with E-state index in [1.165, 1.54) is 28.9 Å². The highest BCUT2D eigenvalue weighted by Gasteiger charge is 2.17. The van der Waals surface area contributed by atoms with E-state index in [0.717, 1.165) is 17.5 Å². The molecular formula is C23H22N2OS. The van der Waals surface area contributed by atoms with Crippen molar-refractivity contribution in [3.63, 3.8) is 0 Å². The Bertz CT molecular complexity index is 873. The largest absolute Gasteiger partial charge is 0.344 e. The summed E-state index contributed by atoms with van der Waals surface area (Å²) in [5.74, 6) is 0.443. The van der Waals surface area contributed by atoms with Gasteiger partial charge in [-0.25, -0.2) is 0 Å². The third-order valence-electron chi connectivity index (χ3n) is 4.92. The van der Waals surface area contributed by atoms with Gasteiger partial charge in [0.2, 0.25) is 5.91 Å². The zero-order valence-corrected chi connectivity index (χ0v) is 15.9. The smallest absolute Gasteiger partial charge is 0.231 e. The van der Waals surface area contributed by atoms with Gasteiger partial charge in [-0.1, -0.05) is 36.4 Å². The van der Waals surface area contributed by atoms with Crippen molar-refractivity contribution in [2.75, 3.05) is 5.75 Å². The highest BCUT2D eigenvalue weighted by Crippen LogP contribution is 2.28. The SMILES string of the molecule is O=C(CSc1ccc2c(c1)CCC2)NC(c1ccccc1)c1ccncc1. The van der Waals surface area contributed by atoms with Crippen molar-refractivity contribution >= 4 is 17.7 Å². The second kappa shape index (κ2) is 8.40. The van der Waals surface area contributed by atoms with Crippen molar-refractivity contribution in [2.45, 2.75) is 30.2 Å². The summed E-state index contributed by atoms with van der Waals surface area (Å²) < 4.78 is 0. The van der Waals surface area contributed by atoms with Gasteiger partial charge < -0.3 is 5.32 Å². The van der Waals surface area contributed by atoms with Crippen LogP contribution in [0.25, 0.3) is 0 Å². The maximum Gasteiger partial charge on any atom is 0.231 e. The molecule has 1 atom stereocenters.